The Morgan fingerprint density at radius 2 is 2.08 bits per heavy atom. The first kappa shape index (κ1) is 15.4. The van der Waals surface area contributed by atoms with Gasteiger partial charge in [0.1, 0.15) is 6.10 Å². The van der Waals surface area contributed by atoms with Crippen molar-refractivity contribution in [1.82, 2.24) is 10.3 Å². The molecule has 4 rings (SSSR count). The van der Waals surface area contributed by atoms with Crippen LogP contribution in [0.2, 0.25) is 0 Å². The maximum Gasteiger partial charge on any atom is 0.274 e. The average Bonchev–Trinajstić information content (AvgIpc) is 3.25. The third-order valence-electron chi connectivity index (χ3n) is 4.96. The summed E-state index contributed by atoms with van der Waals surface area (Å²) in [6, 6.07) is 8.42. The molecular formula is C19H22N2O3. The number of oxazole rings is 1. The lowest BCUT2D eigenvalue weighted by atomic mass is 9.99. The summed E-state index contributed by atoms with van der Waals surface area (Å²) in [6.45, 7) is 0.711. The molecule has 126 valence electrons. The molecule has 2 atom stereocenters. The van der Waals surface area contributed by atoms with Crippen LogP contribution in [0.5, 0.6) is 0 Å². The fourth-order valence-corrected chi connectivity index (χ4v) is 3.74. The molecule has 1 amide bonds. The summed E-state index contributed by atoms with van der Waals surface area (Å²) < 4.78 is 11.1. The Bertz CT molecular complexity index is 719. The standard InChI is InChI=1S/C19H22N2O3/c22-19(17-18(24-12-20-17)16-10-5-11-23-16)21-15-9-4-2-7-13-6-1-3-8-14(13)15/h1,3,6,8,12,15-16H,2,4-5,7,9-11H2,(H,21,22)/t15-,16-/m1/s1. The first-order valence-corrected chi connectivity index (χ1v) is 8.76. The maximum absolute atomic E-state index is 12.8. The molecule has 0 unspecified atom stereocenters. The zero-order chi connectivity index (χ0) is 16.4. The molecule has 1 aliphatic carbocycles. The van der Waals surface area contributed by atoms with Gasteiger partial charge in [-0.1, -0.05) is 30.7 Å². The van der Waals surface area contributed by atoms with Crippen molar-refractivity contribution in [3.05, 3.63) is 53.2 Å². The number of aromatic nitrogens is 1. The average molecular weight is 326 g/mol. The van der Waals surface area contributed by atoms with Gasteiger partial charge >= 0.3 is 0 Å². The van der Waals surface area contributed by atoms with E-state index < -0.39 is 0 Å². The van der Waals surface area contributed by atoms with Gasteiger partial charge in [0.2, 0.25) is 0 Å². The Balaban J connectivity index is 1.55. The normalized spacial score (nSPS) is 23.5. The van der Waals surface area contributed by atoms with E-state index in [-0.39, 0.29) is 18.1 Å². The second-order valence-corrected chi connectivity index (χ2v) is 6.54. The summed E-state index contributed by atoms with van der Waals surface area (Å²) in [7, 11) is 0. The molecule has 0 saturated carbocycles. The van der Waals surface area contributed by atoms with Gasteiger partial charge in [-0.25, -0.2) is 4.98 Å². The van der Waals surface area contributed by atoms with Crippen LogP contribution in [0.3, 0.4) is 0 Å². The van der Waals surface area contributed by atoms with Crippen LogP contribution in [0.1, 0.15) is 71.6 Å². The van der Waals surface area contributed by atoms with Gasteiger partial charge in [-0.2, -0.15) is 0 Å². The van der Waals surface area contributed by atoms with Gasteiger partial charge < -0.3 is 14.5 Å². The molecule has 1 aromatic heterocycles. The molecule has 1 aromatic carbocycles. The number of carbonyl (C=O) groups excluding carboxylic acids is 1. The van der Waals surface area contributed by atoms with Crippen LogP contribution in [0, 0.1) is 0 Å². The van der Waals surface area contributed by atoms with Crippen molar-refractivity contribution in [2.24, 2.45) is 0 Å². The molecule has 24 heavy (non-hydrogen) atoms. The second-order valence-electron chi connectivity index (χ2n) is 6.54. The first-order valence-electron chi connectivity index (χ1n) is 8.76. The minimum atomic E-state index is -0.170. The van der Waals surface area contributed by atoms with Crippen LogP contribution in [0.25, 0.3) is 0 Å². The van der Waals surface area contributed by atoms with Crippen LogP contribution < -0.4 is 5.32 Å². The topological polar surface area (TPSA) is 64.4 Å². The van der Waals surface area contributed by atoms with Crippen LogP contribution in [-0.2, 0) is 11.2 Å². The summed E-state index contributed by atoms with van der Waals surface area (Å²) in [6.07, 6.45) is 7.36. The molecule has 0 bridgehead atoms. The van der Waals surface area contributed by atoms with Crippen LogP contribution >= 0.6 is 0 Å². The maximum atomic E-state index is 12.8. The number of carbonyl (C=O) groups is 1. The molecule has 2 aliphatic rings. The molecule has 1 saturated heterocycles. The highest BCUT2D eigenvalue weighted by molar-refractivity contribution is 5.93. The molecule has 5 nitrogen and oxygen atoms in total. The molecular weight excluding hydrogens is 304 g/mol. The summed E-state index contributed by atoms with van der Waals surface area (Å²) in [4.78, 5) is 16.9. The van der Waals surface area contributed by atoms with E-state index in [0.717, 1.165) is 38.5 Å². The SMILES string of the molecule is O=C(N[C@@H]1CCCCc2ccccc21)c1ncoc1[C@H]1CCCO1. The van der Waals surface area contributed by atoms with E-state index >= 15 is 0 Å². The van der Waals surface area contributed by atoms with Crippen molar-refractivity contribution in [1.29, 1.82) is 0 Å². The van der Waals surface area contributed by atoms with Crippen LogP contribution in [0.4, 0.5) is 0 Å². The van der Waals surface area contributed by atoms with E-state index in [1.54, 1.807) is 0 Å². The van der Waals surface area contributed by atoms with Gasteiger partial charge in [0.25, 0.3) is 5.91 Å². The summed E-state index contributed by atoms with van der Waals surface area (Å²) >= 11 is 0. The highest BCUT2D eigenvalue weighted by Gasteiger charge is 2.29. The predicted molar refractivity (Wildman–Crippen MR) is 88.6 cm³/mol. The number of rotatable bonds is 3. The Labute approximate surface area is 141 Å². The number of hydrogen-bond acceptors (Lipinski definition) is 4. The Kier molecular flexibility index (Phi) is 4.34. The zero-order valence-corrected chi connectivity index (χ0v) is 13.7. The number of nitrogens with one attached hydrogen (secondary N) is 1. The second kappa shape index (κ2) is 6.77. The Morgan fingerprint density at radius 3 is 2.96 bits per heavy atom. The van der Waals surface area contributed by atoms with Crippen molar-refractivity contribution < 1.29 is 13.9 Å². The monoisotopic (exact) mass is 326 g/mol. The fourth-order valence-electron chi connectivity index (χ4n) is 3.74. The van der Waals surface area contributed by atoms with Crippen LogP contribution in [0.15, 0.2) is 35.1 Å². The quantitative estimate of drug-likeness (QED) is 0.873. The van der Waals surface area contributed by atoms with E-state index in [9.17, 15) is 4.79 Å². The molecule has 1 N–H and O–H groups in total. The Hall–Kier alpha value is -2.14. The highest BCUT2D eigenvalue weighted by atomic mass is 16.5. The van der Waals surface area contributed by atoms with Gasteiger partial charge in [-0.15, -0.1) is 0 Å². The van der Waals surface area contributed by atoms with E-state index in [2.05, 4.69) is 28.5 Å². The molecule has 5 heteroatoms. The van der Waals surface area contributed by atoms with Gasteiger partial charge in [-0.05, 0) is 43.2 Å². The van der Waals surface area contributed by atoms with E-state index in [1.165, 1.54) is 17.5 Å². The number of benzene rings is 1. The van der Waals surface area contributed by atoms with Crippen LogP contribution in [-0.4, -0.2) is 17.5 Å². The summed E-state index contributed by atoms with van der Waals surface area (Å²) in [5.74, 6) is 0.392. The number of ether oxygens (including phenoxy) is 1. The minimum Gasteiger partial charge on any atom is -0.445 e. The lowest BCUT2D eigenvalue weighted by Crippen LogP contribution is -2.30. The highest BCUT2D eigenvalue weighted by Crippen LogP contribution is 2.32. The molecule has 1 aliphatic heterocycles. The number of hydrogen-bond donors (Lipinski definition) is 1. The molecule has 2 heterocycles. The largest absolute Gasteiger partial charge is 0.445 e. The Morgan fingerprint density at radius 1 is 1.17 bits per heavy atom. The number of fused-ring (bicyclic) bond motifs is 1. The van der Waals surface area contributed by atoms with Crippen molar-refractivity contribution >= 4 is 5.91 Å². The van der Waals surface area contributed by atoms with Crippen molar-refractivity contribution in [2.75, 3.05) is 6.61 Å². The number of aryl methyl sites for hydroxylation is 1. The lowest BCUT2D eigenvalue weighted by molar-refractivity contribution is 0.0851. The van der Waals surface area contributed by atoms with Crippen molar-refractivity contribution in [2.45, 2.75) is 50.7 Å². The zero-order valence-electron chi connectivity index (χ0n) is 13.7. The van der Waals surface area contributed by atoms with E-state index in [0.29, 0.717) is 18.1 Å². The lowest BCUT2D eigenvalue weighted by Gasteiger charge is -2.19. The summed E-state index contributed by atoms with van der Waals surface area (Å²) in [5.41, 5.74) is 2.92. The molecule has 2 aromatic rings. The first-order chi connectivity index (χ1) is 11.8. The molecule has 1 fully saturated rings. The van der Waals surface area contributed by atoms with E-state index in [4.69, 9.17) is 9.15 Å². The van der Waals surface area contributed by atoms with Gasteiger partial charge in [-0.3, -0.25) is 4.79 Å². The molecule has 0 radical (unpaired) electrons. The van der Waals surface area contributed by atoms with Gasteiger partial charge in [0.15, 0.2) is 17.8 Å². The van der Waals surface area contributed by atoms with E-state index in [1.807, 2.05) is 6.07 Å². The number of amides is 1. The van der Waals surface area contributed by atoms with Gasteiger partial charge in [0, 0.05) is 6.61 Å². The van der Waals surface area contributed by atoms with Gasteiger partial charge in [0.05, 0.1) is 6.04 Å². The third kappa shape index (κ3) is 2.96. The summed E-state index contributed by atoms with van der Waals surface area (Å²) in [5, 5.41) is 3.16. The molecule has 0 spiro atoms. The van der Waals surface area contributed by atoms with Crippen molar-refractivity contribution in [3.63, 3.8) is 0 Å². The third-order valence-corrected chi connectivity index (χ3v) is 4.96. The smallest absolute Gasteiger partial charge is 0.274 e. The number of nitrogens with zero attached hydrogens (tertiary/aromatic N) is 1. The minimum absolute atomic E-state index is 0.0326. The predicted octanol–water partition coefficient (Wildman–Crippen LogP) is 3.72. The fraction of sp³-hybridized carbons (Fsp3) is 0.474. The van der Waals surface area contributed by atoms with Crippen molar-refractivity contribution in [3.8, 4) is 0 Å².